The lowest BCUT2D eigenvalue weighted by molar-refractivity contribution is -0.112. The standard InChI is InChI=1S/C24H22FN3O2S/c1-2-3-12-30-22-7-5-4-6-18(22)14-19(15-26)23(29)28-24-27-16-21(31-24)13-17-8-10-20(25)11-9-17/h4-11,14,16H,2-3,12-13H2,1H3,(H,27,28,29)/b19-14+. The molecule has 0 fully saturated rings. The van der Waals surface area contributed by atoms with E-state index in [1.54, 1.807) is 24.4 Å². The minimum absolute atomic E-state index is 0.0400. The molecule has 1 heterocycles. The molecule has 0 radical (unpaired) electrons. The Hall–Kier alpha value is -3.50. The van der Waals surface area contributed by atoms with Gasteiger partial charge in [-0.15, -0.1) is 11.3 Å². The van der Waals surface area contributed by atoms with Crippen molar-refractivity contribution in [3.05, 3.63) is 82.1 Å². The van der Waals surface area contributed by atoms with Crippen molar-refractivity contribution >= 4 is 28.5 Å². The van der Waals surface area contributed by atoms with Gasteiger partial charge in [-0.3, -0.25) is 10.1 Å². The number of nitrogens with one attached hydrogen (secondary N) is 1. The highest BCUT2D eigenvalue weighted by atomic mass is 32.1. The van der Waals surface area contributed by atoms with Crippen LogP contribution in [0, 0.1) is 17.1 Å². The highest BCUT2D eigenvalue weighted by molar-refractivity contribution is 7.15. The number of anilines is 1. The maximum atomic E-state index is 13.0. The summed E-state index contributed by atoms with van der Waals surface area (Å²) in [5.41, 5.74) is 1.57. The van der Waals surface area contributed by atoms with E-state index in [4.69, 9.17) is 4.74 Å². The summed E-state index contributed by atoms with van der Waals surface area (Å²) in [7, 11) is 0. The maximum absolute atomic E-state index is 13.0. The lowest BCUT2D eigenvalue weighted by Crippen LogP contribution is -2.13. The van der Waals surface area contributed by atoms with Crippen LogP contribution in [-0.4, -0.2) is 17.5 Å². The quantitative estimate of drug-likeness (QED) is 0.270. The zero-order chi connectivity index (χ0) is 22.1. The van der Waals surface area contributed by atoms with Crippen molar-refractivity contribution in [2.24, 2.45) is 0 Å². The van der Waals surface area contributed by atoms with Crippen molar-refractivity contribution in [2.75, 3.05) is 11.9 Å². The first-order valence-corrected chi connectivity index (χ1v) is 10.7. The number of thiazole rings is 1. The Bertz CT molecular complexity index is 1100. The number of ether oxygens (including phenoxy) is 1. The second-order valence-electron chi connectivity index (χ2n) is 6.80. The van der Waals surface area contributed by atoms with Crippen LogP contribution in [-0.2, 0) is 11.2 Å². The molecule has 7 heteroatoms. The van der Waals surface area contributed by atoms with Gasteiger partial charge < -0.3 is 4.74 Å². The fourth-order valence-electron chi connectivity index (χ4n) is 2.78. The molecule has 158 valence electrons. The van der Waals surface area contributed by atoms with E-state index in [9.17, 15) is 14.4 Å². The summed E-state index contributed by atoms with van der Waals surface area (Å²) in [6.07, 6.45) is 5.70. The van der Waals surface area contributed by atoms with Gasteiger partial charge in [0.1, 0.15) is 23.2 Å². The number of carbonyl (C=O) groups excluding carboxylic acids is 1. The number of rotatable bonds is 9. The lowest BCUT2D eigenvalue weighted by atomic mass is 10.1. The summed E-state index contributed by atoms with van der Waals surface area (Å²) in [5.74, 6) is -0.185. The van der Waals surface area contributed by atoms with Gasteiger partial charge in [-0.05, 0) is 36.3 Å². The second-order valence-corrected chi connectivity index (χ2v) is 7.91. The number of halogens is 1. The van der Waals surface area contributed by atoms with Crippen molar-refractivity contribution in [2.45, 2.75) is 26.2 Å². The third-order valence-electron chi connectivity index (χ3n) is 4.41. The first-order chi connectivity index (χ1) is 15.1. The monoisotopic (exact) mass is 435 g/mol. The molecule has 0 saturated heterocycles. The van der Waals surface area contributed by atoms with Crippen LogP contribution >= 0.6 is 11.3 Å². The number of para-hydroxylation sites is 1. The van der Waals surface area contributed by atoms with Crippen molar-refractivity contribution in [3.63, 3.8) is 0 Å². The van der Waals surface area contributed by atoms with Gasteiger partial charge in [0.05, 0.1) is 6.61 Å². The number of amides is 1. The smallest absolute Gasteiger partial charge is 0.268 e. The van der Waals surface area contributed by atoms with Gasteiger partial charge in [0, 0.05) is 23.1 Å². The minimum Gasteiger partial charge on any atom is -0.493 e. The summed E-state index contributed by atoms with van der Waals surface area (Å²) in [6, 6.07) is 15.5. The number of hydrogen-bond donors (Lipinski definition) is 1. The summed E-state index contributed by atoms with van der Waals surface area (Å²) in [6.45, 7) is 2.66. The molecular weight excluding hydrogens is 413 g/mol. The van der Waals surface area contributed by atoms with E-state index in [2.05, 4.69) is 17.2 Å². The third-order valence-corrected chi connectivity index (χ3v) is 5.32. The van der Waals surface area contributed by atoms with Gasteiger partial charge in [-0.2, -0.15) is 5.26 Å². The van der Waals surface area contributed by atoms with E-state index in [0.717, 1.165) is 23.3 Å². The number of nitrogens with zero attached hydrogens (tertiary/aromatic N) is 2. The third kappa shape index (κ3) is 6.49. The summed E-state index contributed by atoms with van der Waals surface area (Å²) >= 11 is 1.31. The van der Waals surface area contributed by atoms with E-state index in [0.29, 0.717) is 29.5 Å². The number of hydrogen-bond acceptors (Lipinski definition) is 5. The van der Waals surface area contributed by atoms with Crippen LogP contribution in [0.2, 0.25) is 0 Å². The zero-order valence-corrected chi connectivity index (χ0v) is 17.9. The Labute approximate surface area is 184 Å². The highest BCUT2D eigenvalue weighted by Crippen LogP contribution is 2.24. The van der Waals surface area contributed by atoms with Crippen LogP contribution in [0.1, 0.15) is 35.8 Å². The summed E-state index contributed by atoms with van der Waals surface area (Å²) in [4.78, 5) is 17.7. The van der Waals surface area contributed by atoms with Crippen LogP contribution in [0.15, 0.2) is 60.3 Å². The first-order valence-electron chi connectivity index (χ1n) is 9.93. The predicted octanol–water partition coefficient (Wildman–Crippen LogP) is 5.60. The Morgan fingerprint density at radius 1 is 1.26 bits per heavy atom. The SMILES string of the molecule is CCCCOc1ccccc1/C=C(\C#N)C(=O)Nc1ncc(Cc2ccc(F)cc2)s1. The largest absolute Gasteiger partial charge is 0.493 e. The molecule has 3 rings (SSSR count). The van der Waals surface area contributed by atoms with Gasteiger partial charge >= 0.3 is 0 Å². The molecule has 1 N–H and O–H groups in total. The molecule has 0 unspecified atom stereocenters. The average Bonchev–Trinajstić information content (AvgIpc) is 3.21. The molecule has 0 aliphatic rings. The van der Waals surface area contributed by atoms with Gasteiger partial charge in [0.15, 0.2) is 5.13 Å². The van der Waals surface area contributed by atoms with Crippen LogP contribution in [0.4, 0.5) is 9.52 Å². The number of unbranched alkanes of at least 4 members (excludes halogenated alkanes) is 1. The molecule has 0 saturated carbocycles. The van der Waals surface area contributed by atoms with Crippen molar-refractivity contribution in [1.29, 1.82) is 5.26 Å². The lowest BCUT2D eigenvalue weighted by Gasteiger charge is -2.09. The van der Waals surface area contributed by atoms with Gasteiger partial charge in [0.25, 0.3) is 5.91 Å². The average molecular weight is 436 g/mol. The Kier molecular flexibility index (Phi) is 7.91. The highest BCUT2D eigenvalue weighted by Gasteiger charge is 2.13. The van der Waals surface area contributed by atoms with Gasteiger partial charge in [-0.25, -0.2) is 9.37 Å². The van der Waals surface area contributed by atoms with Crippen LogP contribution in [0.25, 0.3) is 6.08 Å². The van der Waals surface area contributed by atoms with E-state index < -0.39 is 5.91 Å². The van der Waals surface area contributed by atoms with Gasteiger partial charge in [0.2, 0.25) is 0 Å². The van der Waals surface area contributed by atoms with E-state index in [1.165, 1.54) is 29.5 Å². The normalized spacial score (nSPS) is 11.1. The Balaban J connectivity index is 1.69. The van der Waals surface area contributed by atoms with Crippen LogP contribution in [0.3, 0.4) is 0 Å². The van der Waals surface area contributed by atoms with Gasteiger partial charge in [-0.1, -0.05) is 43.7 Å². The van der Waals surface area contributed by atoms with Crippen molar-refractivity contribution in [1.82, 2.24) is 4.98 Å². The van der Waals surface area contributed by atoms with E-state index in [1.807, 2.05) is 24.3 Å². The molecule has 0 atom stereocenters. The Morgan fingerprint density at radius 3 is 2.77 bits per heavy atom. The second kappa shape index (κ2) is 11.0. The molecule has 3 aromatic rings. The molecule has 31 heavy (non-hydrogen) atoms. The molecule has 1 amide bonds. The maximum Gasteiger partial charge on any atom is 0.268 e. The fraction of sp³-hybridized carbons (Fsp3) is 0.208. The molecule has 0 aliphatic heterocycles. The molecule has 1 aromatic heterocycles. The molecule has 0 aliphatic carbocycles. The fourth-order valence-corrected chi connectivity index (χ4v) is 3.62. The summed E-state index contributed by atoms with van der Waals surface area (Å²) < 4.78 is 18.8. The van der Waals surface area contributed by atoms with E-state index >= 15 is 0 Å². The Morgan fingerprint density at radius 2 is 2.03 bits per heavy atom. The van der Waals surface area contributed by atoms with Crippen LogP contribution in [0.5, 0.6) is 5.75 Å². The van der Waals surface area contributed by atoms with Crippen molar-refractivity contribution in [3.8, 4) is 11.8 Å². The number of nitriles is 1. The van der Waals surface area contributed by atoms with Crippen LogP contribution < -0.4 is 10.1 Å². The number of aromatic nitrogens is 1. The molecule has 0 spiro atoms. The van der Waals surface area contributed by atoms with E-state index in [-0.39, 0.29) is 11.4 Å². The first kappa shape index (κ1) is 22.2. The van der Waals surface area contributed by atoms with Crippen molar-refractivity contribution < 1.29 is 13.9 Å². The zero-order valence-electron chi connectivity index (χ0n) is 17.1. The number of carbonyl (C=O) groups is 1. The summed E-state index contributed by atoms with van der Waals surface area (Å²) in [5, 5.41) is 12.6. The predicted molar refractivity (Wildman–Crippen MR) is 120 cm³/mol. The molecule has 2 aromatic carbocycles. The molecule has 5 nitrogen and oxygen atoms in total. The topological polar surface area (TPSA) is 75.0 Å². The number of benzene rings is 2. The minimum atomic E-state index is -0.534. The molecule has 0 bridgehead atoms. The molecular formula is C24H22FN3O2S.